The van der Waals surface area contributed by atoms with Gasteiger partial charge in [-0.3, -0.25) is 14.5 Å². The first-order valence-corrected chi connectivity index (χ1v) is 9.27. The number of amides is 2. The van der Waals surface area contributed by atoms with Gasteiger partial charge in [0.2, 0.25) is 11.8 Å². The SMILES string of the molecule is Cl.Cl.O=C(CN1CCN(C(=O)C2CCCNC2)CC1)Nc1ccccc1Cl. The third-order valence-corrected chi connectivity index (χ3v) is 5.17. The highest BCUT2D eigenvalue weighted by atomic mass is 35.5. The molecule has 0 saturated carbocycles. The quantitative estimate of drug-likeness (QED) is 0.758. The molecule has 0 spiro atoms. The summed E-state index contributed by atoms with van der Waals surface area (Å²) in [4.78, 5) is 28.8. The first-order chi connectivity index (χ1) is 12.1. The Kier molecular flexibility index (Phi) is 10.4. The van der Waals surface area contributed by atoms with Gasteiger partial charge in [-0.05, 0) is 31.5 Å². The predicted molar refractivity (Wildman–Crippen MR) is 113 cm³/mol. The van der Waals surface area contributed by atoms with E-state index in [1.54, 1.807) is 12.1 Å². The second-order valence-corrected chi connectivity index (χ2v) is 7.08. The molecule has 1 atom stereocenters. The number of carbonyl (C=O) groups excluding carboxylic acids is 2. The lowest BCUT2D eigenvalue weighted by Gasteiger charge is -2.36. The molecule has 0 radical (unpaired) electrons. The Hall–Kier alpha value is -1.05. The van der Waals surface area contributed by atoms with Crippen LogP contribution in [0.3, 0.4) is 0 Å². The molecule has 27 heavy (non-hydrogen) atoms. The van der Waals surface area contributed by atoms with Crippen LogP contribution in [0, 0.1) is 5.92 Å². The summed E-state index contributed by atoms with van der Waals surface area (Å²) >= 11 is 6.06. The van der Waals surface area contributed by atoms with E-state index in [1.807, 2.05) is 17.0 Å². The number of carbonyl (C=O) groups is 2. The van der Waals surface area contributed by atoms with E-state index in [4.69, 9.17) is 11.6 Å². The first-order valence-electron chi connectivity index (χ1n) is 8.90. The van der Waals surface area contributed by atoms with Crippen LogP contribution in [0.4, 0.5) is 5.69 Å². The number of para-hydroxylation sites is 1. The van der Waals surface area contributed by atoms with Gasteiger partial charge in [-0.1, -0.05) is 23.7 Å². The van der Waals surface area contributed by atoms with Gasteiger partial charge in [-0.25, -0.2) is 0 Å². The van der Waals surface area contributed by atoms with Gasteiger partial charge in [0.05, 0.1) is 23.2 Å². The lowest BCUT2D eigenvalue weighted by molar-refractivity contribution is -0.137. The van der Waals surface area contributed by atoms with Crippen molar-refractivity contribution in [2.75, 3.05) is 51.1 Å². The molecule has 1 unspecified atom stereocenters. The molecule has 1 aromatic carbocycles. The highest BCUT2D eigenvalue weighted by Crippen LogP contribution is 2.20. The van der Waals surface area contributed by atoms with Crippen LogP contribution >= 0.6 is 36.4 Å². The van der Waals surface area contributed by atoms with Gasteiger partial charge in [0.1, 0.15) is 0 Å². The van der Waals surface area contributed by atoms with Gasteiger partial charge in [0, 0.05) is 32.7 Å². The zero-order chi connectivity index (χ0) is 17.6. The van der Waals surface area contributed by atoms with Crippen molar-refractivity contribution in [2.24, 2.45) is 5.92 Å². The molecule has 1 aromatic rings. The van der Waals surface area contributed by atoms with Crippen molar-refractivity contribution >= 4 is 53.9 Å². The molecular formula is C18H27Cl3N4O2. The van der Waals surface area contributed by atoms with Gasteiger partial charge in [0.25, 0.3) is 0 Å². The van der Waals surface area contributed by atoms with Gasteiger partial charge in [0.15, 0.2) is 0 Å². The Bertz CT molecular complexity index is 618. The number of piperazine rings is 1. The number of nitrogens with one attached hydrogen (secondary N) is 2. The summed E-state index contributed by atoms with van der Waals surface area (Å²) in [6.45, 7) is 4.95. The molecule has 0 aliphatic carbocycles. The normalized spacial score (nSPS) is 20.2. The summed E-state index contributed by atoms with van der Waals surface area (Å²) in [6, 6.07) is 7.21. The summed E-state index contributed by atoms with van der Waals surface area (Å²) < 4.78 is 0. The zero-order valence-corrected chi connectivity index (χ0v) is 17.5. The fourth-order valence-electron chi connectivity index (χ4n) is 3.40. The molecule has 2 amide bonds. The third kappa shape index (κ3) is 6.80. The van der Waals surface area contributed by atoms with E-state index in [-0.39, 0.29) is 42.5 Å². The average Bonchev–Trinajstić information content (AvgIpc) is 2.64. The topological polar surface area (TPSA) is 64.7 Å². The van der Waals surface area contributed by atoms with Crippen molar-refractivity contribution in [3.05, 3.63) is 29.3 Å². The Morgan fingerprint density at radius 3 is 2.48 bits per heavy atom. The standard InChI is InChI=1S/C18H25ClN4O2.2ClH/c19-15-5-1-2-6-16(15)21-17(24)13-22-8-10-23(11-9-22)18(25)14-4-3-7-20-12-14;;/h1-2,5-6,14,20H,3-4,7-13H2,(H,21,24);2*1H. The minimum atomic E-state index is -0.0793. The lowest BCUT2D eigenvalue weighted by Crippen LogP contribution is -2.53. The molecule has 0 aromatic heterocycles. The average molecular weight is 438 g/mol. The van der Waals surface area contributed by atoms with Crippen molar-refractivity contribution in [3.63, 3.8) is 0 Å². The van der Waals surface area contributed by atoms with E-state index in [9.17, 15) is 9.59 Å². The minimum Gasteiger partial charge on any atom is -0.340 e. The van der Waals surface area contributed by atoms with E-state index < -0.39 is 0 Å². The molecule has 3 rings (SSSR count). The van der Waals surface area contributed by atoms with Gasteiger partial charge >= 0.3 is 0 Å². The molecule has 152 valence electrons. The van der Waals surface area contributed by atoms with Gasteiger partial charge in [-0.2, -0.15) is 0 Å². The first kappa shape index (κ1) is 24.0. The number of nitrogens with zero attached hydrogens (tertiary/aromatic N) is 2. The monoisotopic (exact) mass is 436 g/mol. The molecule has 9 heteroatoms. The maximum absolute atomic E-state index is 12.5. The van der Waals surface area contributed by atoms with Crippen LogP contribution in [0.15, 0.2) is 24.3 Å². The van der Waals surface area contributed by atoms with E-state index in [0.717, 1.165) is 39.0 Å². The number of benzene rings is 1. The second-order valence-electron chi connectivity index (χ2n) is 6.67. The zero-order valence-electron chi connectivity index (χ0n) is 15.2. The molecular weight excluding hydrogens is 411 g/mol. The van der Waals surface area contributed by atoms with Crippen LogP contribution in [0.5, 0.6) is 0 Å². The van der Waals surface area contributed by atoms with Crippen molar-refractivity contribution in [1.29, 1.82) is 0 Å². The van der Waals surface area contributed by atoms with E-state index in [2.05, 4.69) is 15.5 Å². The fourth-order valence-corrected chi connectivity index (χ4v) is 3.59. The van der Waals surface area contributed by atoms with E-state index in [1.165, 1.54) is 0 Å². The molecule has 2 aliphatic heterocycles. The molecule has 6 nitrogen and oxygen atoms in total. The second kappa shape index (κ2) is 11.7. The maximum Gasteiger partial charge on any atom is 0.238 e. The van der Waals surface area contributed by atoms with Crippen LogP contribution in [0.2, 0.25) is 5.02 Å². The van der Waals surface area contributed by atoms with Crippen molar-refractivity contribution in [3.8, 4) is 0 Å². The van der Waals surface area contributed by atoms with Crippen LogP contribution in [0.1, 0.15) is 12.8 Å². The highest BCUT2D eigenvalue weighted by Gasteiger charge is 2.28. The van der Waals surface area contributed by atoms with E-state index >= 15 is 0 Å². The Morgan fingerprint density at radius 1 is 1.15 bits per heavy atom. The molecule has 0 bridgehead atoms. The molecule has 2 heterocycles. The molecule has 2 saturated heterocycles. The van der Waals surface area contributed by atoms with Crippen LogP contribution in [-0.2, 0) is 9.59 Å². The molecule has 2 fully saturated rings. The smallest absolute Gasteiger partial charge is 0.238 e. The Labute approximate surface area is 177 Å². The summed E-state index contributed by atoms with van der Waals surface area (Å²) in [6.07, 6.45) is 2.05. The number of anilines is 1. The van der Waals surface area contributed by atoms with Gasteiger partial charge < -0.3 is 15.5 Å². The fraction of sp³-hybridized carbons (Fsp3) is 0.556. The predicted octanol–water partition coefficient (Wildman–Crippen LogP) is 2.27. The Morgan fingerprint density at radius 2 is 1.85 bits per heavy atom. The molecule has 2 N–H and O–H groups in total. The summed E-state index contributed by atoms with van der Waals surface area (Å²) in [5.74, 6) is 0.292. The highest BCUT2D eigenvalue weighted by molar-refractivity contribution is 6.33. The largest absolute Gasteiger partial charge is 0.340 e. The van der Waals surface area contributed by atoms with Crippen LogP contribution in [0.25, 0.3) is 0 Å². The van der Waals surface area contributed by atoms with Crippen LogP contribution in [-0.4, -0.2) is 67.4 Å². The summed E-state index contributed by atoms with van der Waals surface area (Å²) in [7, 11) is 0. The van der Waals surface area contributed by atoms with Gasteiger partial charge in [-0.15, -0.1) is 24.8 Å². The van der Waals surface area contributed by atoms with Crippen LogP contribution < -0.4 is 10.6 Å². The number of rotatable bonds is 4. The minimum absolute atomic E-state index is 0. The lowest BCUT2D eigenvalue weighted by atomic mass is 9.98. The number of hydrogen-bond acceptors (Lipinski definition) is 4. The number of piperidine rings is 1. The third-order valence-electron chi connectivity index (χ3n) is 4.85. The summed E-state index contributed by atoms with van der Waals surface area (Å²) in [5.41, 5.74) is 0.632. The van der Waals surface area contributed by atoms with Crippen molar-refractivity contribution < 1.29 is 9.59 Å². The van der Waals surface area contributed by atoms with Crippen molar-refractivity contribution in [1.82, 2.24) is 15.1 Å². The van der Waals surface area contributed by atoms with E-state index in [0.29, 0.717) is 30.3 Å². The summed E-state index contributed by atoms with van der Waals surface area (Å²) in [5, 5.41) is 6.67. The molecule has 2 aliphatic rings. The number of halogens is 3. The maximum atomic E-state index is 12.5. The number of hydrogen-bond donors (Lipinski definition) is 2. The Balaban J connectivity index is 0.00000182. The van der Waals surface area contributed by atoms with Crippen molar-refractivity contribution in [2.45, 2.75) is 12.8 Å².